The lowest BCUT2D eigenvalue weighted by Crippen LogP contribution is -2.20. The summed E-state index contributed by atoms with van der Waals surface area (Å²) in [6.45, 7) is 1.77. The Morgan fingerprint density at radius 3 is 2.93 bits per heavy atom. The third-order valence-electron chi connectivity index (χ3n) is 1.97. The highest BCUT2D eigenvalue weighted by molar-refractivity contribution is 6.41. The highest BCUT2D eigenvalue weighted by atomic mass is 35.5. The summed E-state index contributed by atoms with van der Waals surface area (Å²) in [7, 11) is 0. The Bertz CT molecular complexity index is 376. The predicted octanol–water partition coefficient (Wildman–Crippen LogP) is 1.93. The molecule has 5 heteroatoms. The second-order valence-corrected chi connectivity index (χ2v) is 3.81. The zero-order chi connectivity index (χ0) is 9.97. The van der Waals surface area contributed by atoms with Gasteiger partial charge in [0.25, 0.3) is 0 Å². The molecule has 0 amide bonds. The lowest BCUT2D eigenvalue weighted by molar-refractivity contribution is 0.953. The molecule has 0 aliphatic carbocycles. The second kappa shape index (κ2) is 4.15. The van der Waals surface area contributed by atoms with E-state index in [2.05, 4.69) is 15.3 Å². The van der Waals surface area contributed by atoms with E-state index in [1.54, 1.807) is 6.20 Å². The van der Waals surface area contributed by atoms with Crippen molar-refractivity contribution >= 4 is 29.0 Å². The van der Waals surface area contributed by atoms with Gasteiger partial charge in [0.1, 0.15) is 11.0 Å². The maximum absolute atomic E-state index is 5.84. The number of amidine groups is 1. The number of hydrogen-bond acceptors (Lipinski definition) is 3. The molecule has 14 heavy (non-hydrogen) atoms. The highest BCUT2D eigenvalue weighted by Gasteiger charge is 2.07. The number of halogens is 2. The van der Waals surface area contributed by atoms with Gasteiger partial charge in [-0.2, -0.15) is 0 Å². The molecule has 3 nitrogen and oxygen atoms in total. The summed E-state index contributed by atoms with van der Waals surface area (Å²) in [5.41, 5.74) is 1.02. The molecular formula is C9H9Cl2N3. The van der Waals surface area contributed by atoms with Gasteiger partial charge < -0.3 is 5.32 Å². The van der Waals surface area contributed by atoms with Crippen molar-refractivity contribution in [3.63, 3.8) is 0 Å². The van der Waals surface area contributed by atoms with Gasteiger partial charge in [-0.05, 0) is 11.6 Å². The van der Waals surface area contributed by atoms with Crippen molar-refractivity contribution in [2.45, 2.75) is 6.42 Å². The summed E-state index contributed by atoms with van der Waals surface area (Å²) < 4.78 is 0. The van der Waals surface area contributed by atoms with E-state index >= 15 is 0 Å². The van der Waals surface area contributed by atoms with Crippen LogP contribution in [-0.2, 0) is 6.42 Å². The number of aromatic nitrogens is 1. The lowest BCUT2D eigenvalue weighted by Gasteiger charge is -2.03. The summed E-state index contributed by atoms with van der Waals surface area (Å²) in [5.74, 6) is 0.991. The third kappa shape index (κ3) is 2.16. The summed E-state index contributed by atoms with van der Waals surface area (Å²) >= 11 is 11.6. The zero-order valence-electron chi connectivity index (χ0n) is 7.43. The minimum atomic E-state index is 0.344. The van der Waals surface area contributed by atoms with Gasteiger partial charge >= 0.3 is 0 Å². The zero-order valence-corrected chi connectivity index (χ0v) is 8.94. The Labute approximate surface area is 92.2 Å². The first-order valence-corrected chi connectivity index (χ1v) is 5.08. The van der Waals surface area contributed by atoms with Gasteiger partial charge in [-0.25, -0.2) is 4.98 Å². The summed E-state index contributed by atoms with van der Waals surface area (Å²) in [6.07, 6.45) is 2.46. The number of hydrogen-bond donors (Lipinski definition) is 1. The summed E-state index contributed by atoms with van der Waals surface area (Å²) in [4.78, 5) is 8.26. The van der Waals surface area contributed by atoms with Gasteiger partial charge in [-0.3, -0.25) is 4.99 Å². The molecule has 1 aromatic rings. The molecule has 0 radical (unpaired) electrons. The van der Waals surface area contributed by atoms with Crippen LogP contribution in [0.5, 0.6) is 0 Å². The second-order valence-electron chi connectivity index (χ2n) is 3.05. The van der Waals surface area contributed by atoms with Crippen LogP contribution in [0.2, 0.25) is 10.2 Å². The monoisotopic (exact) mass is 229 g/mol. The summed E-state index contributed by atoms with van der Waals surface area (Å²) in [6, 6.07) is 1.82. The smallest absolute Gasteiger partial charge is 0.147 e. The molecule has 0 saturated carbocycles. The molecule has 74 valence electrons. The van der Waals surface area contributed by atoms with E-state index in [1.165, 1.54) is 0 Å². The van der Waals surface area contributed by atoms with E-state index in [-0.39, 0.29) is 0 Å². The van der Waals surface area contributed by atoms with E-state index in [1.807, 2.05) is 6.07 Å². The Morgan fingerprint density at radius 2 is 2.29 bits per heavy atom. The average molecular weight is 230 g/mol. The van der Waals surface area contributed by atoms with Crippen molar-refractivity contribution in [3.8, 4) is 0 Å². The van der Waals surface area contributed by atoms with Gasteiger partial charge in [0.2, 0.25) is 0 Å². The Kier molecular flexibility index (Phi) is 2.89. The summed E-state index contributed by atoms with van der Waals surface area (Å²) in [5, 5.41) is 4.02. The topological polar surface area (TPSA) is 37.3 Å². The maximum atomic E-state index is 5.84. The molecule has 0 atom stereocenters. The number of nitrogens with zero attached hydrogens (tertiary/aromatic N) is 2. The molecule has 0 fully saturated rings. The van der Waals surface area contributed by atoms with E-state index in [0.29, 0.717) is 10.2 Å². The first kappa shape index (κ1) is 9.74. The van der Waals surface area contributed by atoms with Crippen LogP contribution in [0.3, 0.4) is 0 Å². The van der Waals surface area contributed by atoms with Gasteiger partial charge in [0.05, 0.1) is 11.6 Å². The molecule has 0 unspecified atom stereocenters. The van der Waals surface area contributed by atoms with Crippen LogP contribution in [0.15, 0.2) is 17.3 Å². The van der Waals surface area contributed by atoms with Crippen molar-refractivity contribution in [1.29, 1.82) is 0 Å². The molecule has 0 aromatic carbocycles. The van der Waals surface area contributed by atoms with Crippen LogP contribution in [0, 0.1) is 0 Å². The van der Waals surface area contributed by atoms with E-state index in [0.717, 1.165) is 30.9 Å². The van der Waals surface area contributed by atoms with E-state index in [9.17, 15) is 0 Å². The van der Waals surface area contributed by atoms with E-state index in [4.69, 9.17) is 23.2 Å². The van der Waals surface area contributed by atoms with Gasteiger partial charge in [-0.15, -0.1) is 0 Å². The van der Waals surface area contributed by atoms with Crippen molar-refractivity contribution < 1.29 is 0 Å². The van der Waals surface area contributed by atoms with E-state index < -0.39 is 0 Å². The molecular weight excluding hydrogens is 221 g/mol. The van der Waals surface area contributed by atoms with Gasteiger partial charge in [-0.1, -0.05) is 23.2 Å². The number of rotatable bonds is 2. The molecule has 2 rings (SSSR count). The minimum absolute atomic E-state index is 0.344. The van der Waals surface area contributed by atoms with Gasteiger partial charge in [0.15, 0.2) is 0 Å². The predicted molar refractivity (Wildman–Crippen MR) is 58.3 cm³/mol. The molecule has 0 saturated heterocycles. The normalized spacial score (nSPS) is 15.1. The molecule has 2 heterocycles. The number of pyridine rings is 1. The Morgan fingerprint density at radius 1 is 1.43 bits per heavy atom. The van der Waals surface area contributed by atoms with Crippen LogP contribution in [0.1, 0.15) is 5.56 Å². The van der Waals surface area contributed by atoms with Crippen LogP contribution >= 0.6 is 23.2 Å². The highest BCUT2D eigenvalue weighted by Crippen LogP contribution is 2.19. The van der Waals surface area contributed by atoms with Crippen LogP contribution < -0.4 is 5.32 Å². The molecule has 0 spiro atoms. The lowest BCUT2D eigenvalue weighted by atomic mass is 10.2. The van der Waals surface area contributed by atoms with Gasteiger partial charge in [0, 0.05) is 19.2 Å². The average Bonchev–Trinajstić information content (AvgIpc) is 2.64. The van der Waals surface area contributed by atoms with Crippen molar-refractivity contribution in [1.82, 2.24) is 10.3 Å². The number of aliphatic imine (C=N–C) groups is 1. The van der Waals surface area contributed by atoms with Crippen molar-refractivity contribution in [3.05, 3.63) is 28.0 Å². The minimum Gasteiger partial charge on any atom is -0.372 e. The van der Waals surface area contributed by atoms with Crippen LogP contribution in [0.4, 0.5) is 0 Å². The largest absolute Gasteiger partial charge is 0.372 e. The fourth-order valence-corrected chi connectivity index (χ4v) is 1.61. The standard InChI is InChI=1S/C9H9Cl2N3/c10-7-3-6(5-14-9(7)11)4-8-12-1-2-13-8/h3,5H,1-2,4H2,(H,12,13). The van der Waals surface area contributed by atoms with Crippen LogP contribution in [-0.4, -0.2) is 23.9 Å². The quantitative estimate of drug-likeness (QED) is 0.788. The third-order valence-corrected chi connectivity index (χ3v) is 2.65. The SMILES string of the molecule is Clc1cc(CC2=NCCN2)cnc1Cl. The number of nitrogens with one attached hydrogen (secondary N) is 1. The van der Waals surface area contributed by atoms with Crippen molar-refractivity contribution in [2.24, 2.45) is 4.99 Å². The molecule has 1 aliphatic rings. The fraction of sp³-hybridized carbons (Fsp3) is 0.333. The first-order valence-electron chi connectivity index (χ1n) is 4.33. The fourth-order valence-electron chi connectivity index (χ4n) is 1.32. The maximum Gasteiger partial charge on any atom is 0.147 e. The van der Waals surface area contributed by atoms with Crippen molar-refractivity contribution in [2.75, 3.05) is 13.1 Å². The molecule has 1 N–H and O–H groups in total. The Balaban J connectivity index is 2.13. The molecule has 1 aromatic heterocycles. The molecule has 1 aliphatic heterocycles. The first-order chi connectivity index (χ1) is 6.75. The Hall–Kier alpha value is -0.800. The van der Waals surface area contributed by atoms with Crippen LogP contribution in [0.25, 0.3) is 0 Å². The molecule has 0 bridgehead atoms.